The van der Waals surface area contributed by atoms with E-state index in [1.165, 1.54) is 25.6 Å². The van der Waals surface area contributed by atoms with Gasteiger partial charge in [-0.1, -0.05) is 17.3 Å². The van der Waals surface area contributed by atoms with E-state index in [0.717, 1.165) is 18.4 Å². The largest absolute Gasteiger partial charge is 0.481 e. The minimum atomic E-state index is -0.229. The minimum absolute atomic E-state index is 0.153. The molecule has 1 saturated carbocycles. The van der Waals surface area contributed by atoms with Gasteiger partial charge in [-0.05, 0) is 36.5 Å². The van der Waals surface area contributed by atoms with Crippen molar-refractivity contribution in [3.05, 3.63) is 53.9 Å². The molecule has 7 heteroatoms. The van der Waals surface area contributed by atoms with E-state index >= 15 is 0 Å². The number of hydrogen-bond donors (Lipinski definition) is 0. The molecule has 2 unspecified atom stereocenters. The van der Waals surface area contributed by atoms with Crippen LogP contribution in [0, 0.1) is 5.82 Å². The van der Waals surface area contributed by atoms with E-state index in [4.69, 9.17) is 9.26 Å². The lowest BCUT2D eigenvalue weighted by Gasteiger charge is -2.34. The van der Waals surface area contributed by atoms with Gasteiger partial charge in [0.2, 0.25) is 17.6 Å². The van der Waals surface area contributed by atoms with Crippen molar-refractivity contribution < 1.29 is 13.7 Å². The fourth-order valence-corrected chi connectivity index (χ4v) is 2.97. The number of benzene rings is 1. The molecule has 0 bridgehead atoms. The van der Waals surface area contributed by atoms with Crippen molar-refractivity contribution in [2.75, 3.05) is 7.11 Å². The number of methoxy groups -OCH3 is 1. The molecule has 6 nitrogen and oxygen atoms in total. The van der Waals surface area contributed by atoms with Gasteiger partial charge in [0, 0.05) is 12.0 Å². The predicted molar refractivity (Wildman–Crippen MR) is 83.0 cm³/mol. The van der Waals surface area contributed by atoms with Crippen LogP contribution in [-0.4, -0.2) is 27.2 Å². The molecule has 4 rings (SSSR count). The van der Waals surface area contributed by atoms with Gasteiger partial charge in [0.25, 0.3) is 0 Å². The topological polar surface area (TPSA) is 73.9 Å². The Kier molecular flexibility index (Phi) is 3.68. The first kappa shape index (κ1) is 14.7. The van der Waals surface area contributed by atoms with Gasteiger partial charge in [-0.15, -0.1) is 0 Å². The lowest BCUT2D eigenvalue weighted by Crippen LogP contribution is -2.22. The summed E-state index contributed by atoms with van der Waals surface area (Å²) >= 11 is 0. The van der Waals surface area contributed by atoms with Crippen LogP contribution in [0.2, 0.25) is 0 Å². The lowest BCUT2D eigenvalue weighted by molar-refractivity contribution is 0.258. The summed E-state index contributed by atoms with van der Waals surface area (Å²) in [5.74, 6) is 1.64. The molecule has 3 aromatic rings. The van der Waals surface area contributed by atoms with Crippen LogP contribution in [0.1, 0.15) is 36.1 Å². The van der Waals surface area contributed by atoms with Crippen molar-refractivity contribution in [3.8, 4) is 17.4 Å². The highest BCUT2D eigenvalue weighted by atomic mass is 19.1. The summed E-state index contributed by atoms with van der Waals surface area (Å²) in [4.78, 5) is 12.6. The van der Waals surface area contributed by atoms with Gasteiger partial charge in [-0.3, -0.25) is 0 Å². The quantitative estimate of drug-likeness (QED) is 0.732. The molecule has 1 aliphatic carbocycles. The van der Waals surface area contributed by atoms with Crippen molar-refractivity contribution in [3.63, 3.8) is 0 Å². The molecule has 1 aromatic carbocycles. The molecular formula is C17H15FN4O2. The first-order chi connectivity index (χ1) is 11.7. The number of nitrogens with zero attached hydrogens (tertiary/aromatic N) is 4. The minimum Gasteiger partial charge on any atom is -0.481 e. The third-order valence-corrected chi connectivity index (χ3v) is 4.41. The summed E-state index contributed by atoms with van der Waals surface area (Å²) in [6.07, 6.45) is 3.39. The average molecular weight is 326 g/mol. The molecule has 1 fully saturated rings. The van der Waals surface area contributed by atoms with Crippen molar-refractivity contribution in [1.82, 2.24) is 20.1 Å². The van der Waals surface area contributed by atoms with Crippen LogP contribution in [0.4, 0.5) is 4.39 Å². The molecule has 0 radical (unpaired) electrons. The third-order valence-electron chi connectivity index (χ3n) is 4.41. The van der Waals surface area contributed by atoms with E-state index < -0.39 is 0 Å². The molecular weight excluding hydrogens is 311 g/mol. The van der Waals surface area contributed by atoms with Gasteiger partial charge < -0.3 is 9.26 Å². The maximum absolute atomic E-state index is 13.1. The van der Waals surface area contributed by atoms with Crippen LogP contribution < -0.4 is 4.74 Å². The van der Waals surface area contributed by atoms with Crippen molar-refractivity contribution in [2.24, 2.45) is 0 Å². The number of hydrogen-bond acceptors (Lipinski definition) is 6. The molecule has 0 aliphatic heterocycles. The lowest BCUT2D eigenvalue weighted by atomic mass is 9.70. The van der Waals surface area contributed by atoms with Crippen LogP contribution in [-0.2, 0) is 0 Å². The Hall–Kier alpha value is -2.83. The molecule has 2 heterocycles. The van der Waals surface area contributed by atoms with Crippen LogP contribution in [0.5, 0.6) is 5.88 Å². The van der Waals surface area contributed by atoms with E-state index in [1.807, 2.05) is 12.1 Å². The number of rotatable bonds is 4. The highest BCUT2D eigenvalue weighted by Crippen LogP contribution is 2.48. The van der Waals surface area contributed by atoms with Gasteiger partial charge in [-0.25, -0.2) is 14.4 Å². The van der Waals surface area contributed by atoms with Gasteiger partial charge in [-0.2, -0.15) is 4.98 Å². The summed E-state index contributed by atoms with van der Waals surface area (Å²) < 4.78 is 23.6. The second-order valence-corrected chi connectivity index (χ2v) is 5.74. The number of aromatic nitrogens is 4. The summed E-state index contributed by atoms with van der Waals surface area (Å²) in [7, 11) is 1.54. The first-order valence-electron chi connectivity index (χ1n) is 7.70. The predicted octanol–water partition coefficient (Wildman–Crippen LogP) is 3.34. The molecule has 2 aromatic heterocycles. The molecule has 0 N–H and O–H groups in total. The monoisotopic (exact) mass is 326 g/mol. The SMILES string of the molecule is COc1cc(-c2noc(C3CCC3c3ccc(F)cc3)n2)ncn1. The first-order valence-corrected chi connectivity index (χ1v) is 7.70. The molecule has 24 heavy (non-hydrogen) atoms. The summed E-state index contributed by atoms with van der Waals surface area (Å²) in [5, 5.41) is 4.02. The summed E-state index contributed by atoms with van der Waals surface area (Å²) in [5.41, 5.74) is 1.64. The normalized spacial score (nSPS) is 19.8. The maximum atomic E-state index is 13.1. The standard InChI is InChI=1S/C17H15FN4O2/c1-23-15-8-14(19-9-20-15)16-21-17(24-22-16)13-7-6-12(13)10-2-4-11(18)5-3-10/h2-5,8-9,12-13H,6-7H2,1H3. The van der Waals surface area contributed by atoms with Gasteiger partial charge in [0.15, 0.2) is 0 Å². The van der Waals surface area contributed by atoms with Crippen molar-refractivity contribution in [1.29, 1.82) is 0 Å². The van der Waals surface area contributed by atoms with E-state index in [0.29, 0.717) is 23.3 Å². The molecule has 2 atom stereocenters. The molecule has 0 spiro atoms. The van der Waals surface area contributed by atoms with E-state index in [-0.39, 0.29) is 17.7 Å². The Morgan fingerprint density at radius 3 is 2.62 bits per heavy atom. The van der Waals surface area contributed by atoms with Crippen molar-refractivity contribution >= 4 is 0 Å². The van der Waals surface area contributed by atoms with E-state index in [1.54, 1.807) is 6.07 Å². The maximum Gasteiger partial charge on any atom is 0.230 e. The Morgan fingerprint density at radius 1 is 1.12 bits per heavy atom. The fraction of sp³-hybridized carbons (Fsp3) is 0.294. The summed E-state index contributed by atoms with van der Waals surface area (Å²) in [6, 6.07) is 8.26. The smallest absolute Gasteiger partial charge is 0.230 e. The fourth-order valence-electron chi connectivity index (χ4n) is 2.97. The van der Waals surface area contributed by atoms with Gasteiger partial charge in [0.05, 0.1) is 7.11 Å². The second kappa shape index (κ2) is 5.99. The molecule has 0 amide bonds. The van der Waals surface area contributed by atoms with Crippen LogP contribution in [0.3, 0.4) is 0 Å². The van der Waals surface area contributed by atoms with Crippen LogP contribution in [0.15, 0.2) is 41.2 Å². The third kappa shape index (κ3) is 2.62. The Balaban J connectivity index is 1.57. The second-order valence-electron chi connectivity index (χ2n) is 5.74. The molecule has 0 saturated heterocycles. The molecule has 122 valence electrons. The van der Waals surface area contributed by atoms with E-state index in [9.17, 15) is 4.39 Å². The Morgan fingerprint density at radius 2 is 1.92 bits per heavy atom. The Labute approximate surface area is 137 Å². The van der Waals surface area contributed by atoms with Crippen LogP contribution >= 0.6 is 0 Å². The van der Waals surface area contributed by atoms with E-state index in [2.05, 4.69) is 20.1 Å². The van der Waals surface area contributed by atoms with Crippen LogP contribution in [0.25, 0.3) is 11.5 Å². The Bertz CT molecular complexity index is 850. The highest BCUT2D eigenvalue weighted by Gasteiger charge is 2.37. The zero-order valence-electron chi connectivity index (χ0n) is 13.0. The summed E-state index contributed by atoms with van der Waals surface area (Å²) in [6.45, 7) is 0. The number of ether oxygens (including phenoxy) is 1. The average Bonchev–Trinajstić information content (AvgIpc) is 3.05. The molecule has 1 aliphatic rings. The zero-order chi connectivity index (χ0) is 16.5. The highest BCUT2D eigenvalue weighted by molar-refractivity contribution is 5.49. The zero-order valence-corrected chi connectivity index (χ0v) is 13.0. The van der Waals surface area contributed by atoms with Crippen molar-refractivity contribution in [2.45, 2.75) is 24.7 Å². The van der Waals surface area contributed by atoms with Gasteiger partial charge in [0.1, 0.15) is 17.8 Å². The number of halogens is 1. The van der Waals surface area contributed by atoms with Gasteiger partial charge >= 0.3 is 0 Å².